The number of pyridine rings is 1. The Hall–Kier alpha value is -2.15. The number of anilines is 1. The highest BCUT2D eigenvalue weighted by atomic mass is 16.4. The van der Waals surface area contributed by atoms with E-state index in [9.17, 15) is 9.59 Å². The summed E-state index contributed by atoms with van der Waals surface area (Å²) in [5, 5.41) is 14.3. The lowest BCUT2D eigenvalue weighted by Gasteiger charge is -2.28. The predicted molar refractivity (Wildman–Crippen MR) is 78.4 cm³/mol. The lowest BCUT2D eigenvalue weighted by molar-refractivity contribution is 0.0696. The van der Waals surface area contributed by atoms with Crippen molar-refractivity contribution in [2.75, 3.05) is 32.0 Å². The fourth-order valence-electron chi connectivity index (χ4n) is 2.30. The summed E-state index contributed by atoms with van der Waals surface area (Å²) in [5.74, 6) is -0.576. The summed E-state index contributed by atoms with van der Waals surface area (Å²) in [6.07, 6.45) is 4.81. The van der Waals surface area contributed by atoms with Gasteiger partial charge in [-0.25, -0.2) is 9.59 Å². The van der Waals surface area contributed by atoms with Crippen molar-refractivity contribution < 1.29 is 14.7 Å². The zero-order chi connectivity index (χ0) is 15.2. The summed E-state index contributed by atoms with van der Waals surface area (Å²) >= 11 is 0. The highest BCUT2D eigenvalue weighted by molar-refractivity contribution is 5.92. The summed E-state index contributed by atoms with van der Waals surface area (Å²) in [6, 6.07) is 1.04. The normalized spacial score (nSPS) is 16.4. The summed E-state index contributed by atoms with van der Waals surface area (Å²) < 4.78 is 0. The van der Waals surface area contributed by atoms with Crippen molar-refractivity contribution in [1.29, 1.82) is 0 Å². The molecule has 1 aliphatic heterocycles. The highest BCUT2D eigenvalue weighted by Gasteiger charge is 2.17. The Bertz CT molecular complexity index is 513. The number of nitrogens with zero attached hydrogens (tertiary/aromatic N) is 2. The number of carbonyl (C=O) groups is 2. The van der Waals surface area contributed by atoms with Gasteiger partial charge in [-0.3, -0.25) is 4.98 Å². The van der Waals surface area contributed by atoms with E-state index in [0.29, 0.717) is 18.2 Å². The van der Waals surface area contributed by atoms with Gasteiger partial charge in [0.15, 0.2) is 0 Å². The molecule has 1 aromatic rings. The Labute approximate surface area is 123 Å². The van der Waals surface area contributed by atoms with Gasteiger partial charge in [-0.15, -0.1) is 0 Å². The first-order valence-corrected chi connectivity index (χ1v) is 6.96. The number of carbonyl (C=O) groups excluding carboxylic acids is 1. The molecule has 0 aromatic carbocycles. The monoisotopic (exact) mass is 292 g/mol. The predicted octanol–water partition coefficient (Wildman–Crippen LogP) is 1.24. The number of carboxylic acids is 1. The fraction of sp³-hybridized carbons (Fsp3) is 0.500. The van der Waals surface area contributed by atoms with E-state index >= 15 is 0 Å². The first-order chi connectivity index (χ1) is 10.0. The van der Waals surface area contributed by atoms with Crippen molar-refractivity contribution in [3.63, 3.8) is 0 Å². The molecule has 7 nitrogen and oxygen atoms in total. The molecule has 0 saturated carbocycles. The Kier molecular flexibility index (Phi) is 5.10. The third-order valence-electron chi connectivity index (χ3n) is 3.63. The second-order valence-electron chi connectivity index (χ2n) is 5.35. The minimum Gasteiger partial charge on any atom is -0.478 e. The fourth-order valence-corrected chi connectivity index (χ4v) is 2.30. The van der Waals surface area contributed by atoms with Gasteiger partial charge in [0.2, 0.25) is 0 Å². The SMILES string of the molecule is CN1CCC(CNC(=O)Nc2cncc(C(=O)O)c2)CC1. The number of piperidine rings is 1. The number of hydrogen-bond acceptors (Lipinski definition) is 4. The average molecular weight is 292 g/mol. The van der Waals surface area contributed by atoms with Crippen LogP contribution in [0.15, 0.2) is 18.5 Å². The molecule has 0 spiro atoms. The zero-order valence-electron chi connectivity index (χ0n) is 12.0. The van der Waals surface area contributed by atoms with E-state index in [4.69, 9.17) is 5.11 Å². The Balaban J connectivity index is 1.79. The van der Waals surface area contributed by atoms with Crippen LogP contribution in [0.3, 0.4) is 0 Å². The number of hydrogen-bond donors (Lipinski definition) is 3. The maximum Gasteiger partial charge on any atom is 0.337 e. The van der Waals surface area contributed by atoms with Gasteiger partial charge in [0.25, 0.3) is 0 Å². The van der Waals surface area contributed by atoms with Crippen molar-refractivity contribution in [2.45, 2.75) is 12.8 Å². The molecule has 3 N–H and O–H groups in total. The van der Waals surface area contributed by atoms with Crippen LogP contribution in [-0.4, -0.2) is 53.7 Å². The third-order valence-corrected chi connectivity index (χ3v) is 3.63. The molecular weight excluding hydrogens is 272 g/mol. The summed E-state index contributed by atoms with van der Waals surface area (Å²) in [5.41, 5.74) is 0.416. The molecular formula is C14H20N4O3. The van der Waals surface area contributed by atoms with Crippen LogP contribution in [0.25, 0.3) is 0 Å². The van der Waals surface area contributed by atoms with Crippen LogP contribution in [0.4, 0.5) is 10.5 Å². The van der Waals surface area contributed by atoms with Gasteiger partial charge in [0.1, 0.15) is 0 Å². The van der Waals surface area contributed by atoms with Gasteiger partial charge in [0, 0.05) is 12.7 Å². The Morgan fingerprint density at radius 2 is 2.10 bits per heavy atom. The Morgan fingerprint density at radius 3 is 2.76 bits per heavy atom. The number of aromatic nitrogens is 1. The highest BCUT2D eigenvalue weighted by Crippen LogP contribution is 2.15. The minimum atomic E-state index is -1.07. The Morgan fingerprint density at radius 1 is 1.38 bits per heavy atom. The van der Waals surface area contributed by atoms with E-state index in [2.05, 4.69) is 27.6 Å². The topological polar surface area (TPSA) is 94.6 Å². The van der Waals surface area contributed by atoms with Crippen LogP contribution in [0.1, 0.15) is 23.2 Å². The molecule has 1 aliphatic rings. The van der Waals surface area contributed by atoms with Crippen LogP contribution in [0.2, 0.25) is 0 Å². The molecule has 0 radical (unpaired) electrons. The number of amides is 2. The van der Waals surface area contributed by atoms with E-state index in [1.165, 1.54) is 18.5 Å². The minimum absolute atomic E-state index is 0.0446. The van der Waals surface area contributed by atoms with Crippen molar-refractivity contribution in [2.24, 2.45) is 5.92 Å². The van der Waals surface area contributed by atoms with Crippen LogP contribution in [0, 0.1) is 5.92 Å². The third kappa shape index (κ3) is 4.71. The van der Waals surface area contributed by atoms with Crippen LogP contribution >= 0.6 is 0 Å². The van der Waals surface area contributed by atoms with Crippen LogP contribution < -0.4 is 10.6 Å². The lowest BCUT2D eigenvalue weighted by atomic mass is 9.97. The van der Waals surface area contributed by atoms with Gasteiger partial charge in [0.05, 0.1) is 17.4 Å². The lowest BCUT2D eigenvalue weighted by Crippen LogP contribution is -2.38. The molecule has 0 unspecified atom stereocenters. The van der Waals surface area contributed by atoms with Crippen molar-refractivity contribution in [3.8, 4) is 0 Å². The maximum atomic E-state index is 11.8. The molecule has 2 rings (SSSR count). The zero-order valence-corrected chi connectivity index (χ0v) is 12.0. The van der Waals surface area contributed by atoms with E-state index in [1.54, 1.807) is 0 Å². The van der Waals surface area contributed by atoms with Gasteiger partial charge in [-0.1, -0.05) is 0 Å². The van der Waals surface area contributed by atoms with E-state index in [-0.39, 0.29) is 11.6 Å². The summed E-state index contributed by atoms with van der Waals surface area (Å²) in [6.45, 7) is 2.74. The van der Waals surface area contributed by atoms with Gasteiger partial charge < -0.3 is 20.6 Å². The molecule has 114 valence electrons. The van der Waals surface area contributed by atoms with Gasteiger partial charge >= 0.3 is 12.0 Å². The molecule has 0 bridgehead atoms. The molecule has 1 aromatic heterocycles. The van der Waals surface area contributed by atoms with Crippen molar-refractivity contribution in [3.05, 3.63) is 24.0 Å². The van der Waals surface area contributed by atoms with Crippen molar-refractivity contribution >= 4 is 17.7 Å². The molecule has 7 heteroatoms. The van der Waals surface area contributed by atoms with Gasteiger partial charge in [-0.2, -0.15) is 0 Å². The molecule has 0 atom stereocenters. The second kappa shape index (κ2) is 7.03. The molecule has 2 amide bonds. The van der Waals surface area contributed by atoms with Gasteiger partial charge in [-0.05, 0) is 45.0 Å². The number of nitrogens with one attached hydrogen (secondary N) is 2. The van der Waals surface area contributed by atoms with E-state index in [1.807, 2.05) is 0 Å². The second-order valence-corrected chi connectivity index (χ2v) is 5.35. The number of rotatable bonds is 4. The van der Waals surface area contributed by atoms with Crippen LogP contribution in [0.5, 0.6) is 0 Å². The molecule has 1 saturated heterocycles. The summed E-state index contributed by atoms with van der Waals surface area (Å²) in [4.78, 5) is 28.7. The quantitative estimate of drug-likeness (QED) is 0.776. The van der Waals surface area contributed by atoms with E-state index in [0.717, 1.165) is 25.9 Å². The number of carboxylic acid groups (broad SMARTS) is 1. The maximum absolute atomic E-state index is 11.8. The van der Waals surface area contributed by atoms with E-state index < -0.39 is 5.97 Å². The molecule has 0 aliphatic carbocycles. The molecule has 1 fully saturated rings. The average Bonchev–Trinajstić information content (AvgIpc) is 2.47. The first kappa shape index (κ1) is 15.2. The molecule has 2 heterocycles. The largest absolute Gasteiger partial charge is 0.478 e. The van der Waals surface area contributed by atoms with Crippen molar-refractivity contribution in [1.82, 2.24) is 15.2 Å². The first-order valence-electron chi connectivity index (χ1n) is 6.96. The summed E-state index contributed by atoms with van der Waals surface area (Å²) in [7, 11) is 2.10. The van der Waals surface area contributed by atoms with Crippen LogP contribution in [-0.2, 0) is 0 Å². The number of likely N-dealkylation sites (tertiary alicyclic amines) is 1. The number of urea groups is 1. The standard InChI is InChI=1S/C14H20N4O3/c1-18-4-2-10(3-5-18)7-16-14(21)17-12-6-11(13(19)20)8-15-9-12/h6,8-10H,2-5,7H2,1H3,(H,19,20)(H2,16,17,21). The molecule has 21 heavy (non-hydrogen) atoms. The number of aromatic carboxylic acids is 1. The smallest absolute Gasteiger partial charge is 0.337 e.